The third-order valence-corrected chi connectivity index (χ3v) is 4.46. The normalized spacial score (nSPS) is 15.7. The van der Waals surface area contributed by atoms with E-state index < -0.39 is 11.8 Å². The molecule has 1 aliphatic heterocycles. The number of anilines is 1. The molecule has 1 aromatic heterocycles. The number of carbonyl (C=O) groups excluding carboxylic acids is 1. The average Bonchev–Trinajstić information content (AvgIpc) is 3.17. The van der Waals surface area contributed by atoms with Crippen molar-refractivity contribution >= 4 is 11.7 Å². The van der Waals surface area contributed by atoms with Crippen LogP contribution in [-0.2, 0) is 19.5 Å². The van der Waals surface area contributed by atoms with E-state index in [0.29, 0.717) is 24.0 Å². The highest BCUT2D eigenvalue weighted by molar-refractivity contribution is 5.90. The minimum atomic E-state index is -0.393. The number of aromatic nitrogens is 3. The maximum atomic E-state index is 13.5. The van der Waals surface area contributed by atoms with Crippen molar-refractivity contribution < 1.29 is 13.9 Å². The topological polar surface area (TPSA) is 81.1 Å². The van der Waals surface area contributed by atoms with Crippen LogP contribution in [0.5, 0.6) is 5.75 Å². The average molecular weight is 345 g/mol. The maximum absolute atomic E-state index is 13.5. The smallest absolute Gasteiger partial charge is 0.319 e. The number of urea groups is 1. The molecule has 2 N–H and O–H groups in total. The van der Waals surface area contributed by atoms with Crippen molar-refractivity contribution in [3.8, 4) is 5.75 Å². The Morgan fingerprint density at radius 2 is 2.24 bits per heavy atom. The number of hydrogen-bond acceptors (Lipinski definition) is 4. The monoisotopic (exact) mass is 345 g/mol. The molecule has 25 heavy (non-hydrogen) atoms. The fourth-order valence-corrected chi connectivity index (χ4v) is 2.88. The molecule has 1 fully saturated rings. The van der Waals surface area contributed by atoms with Gasteiger partial charge in [0.2, 0.25) is 0 Å². The Balaban J connectivity index is 1.36. The van der Waals surface area contributed by atoms with Crippen LogP contribution in [0.3, 0.4) is 0 Å². The Labute approximate surface area is 144 Å². The van der Waals surface area contributed by atoms with Crippen LogP contribution in [0.25, 0.3) is 0 Å². The minimum absolute atomic E-state index is 0.290. The van der Waals surface area contributed by atoms with Gasteiger partial charge in [-0.05, 0) is 37.3 Å². The van der Waals surface area contributed by atoms with Crippen molar-refractivity contribution in [2.45, 2.75) is 38.8 Å². The molecule has 2 aromatic rings. The Morgan fingerprint density at radius 1 is 1.36 bits per heavy atom. The van der Waals surface area contributed by atoms with E-state index in [4.69, 9.17) is 4.74 Å². The quantitative estimate of drug-likeness (QED) is 0.843. The van der Waals surface area contributed by atoms with E-state index in [1.165, 1.54) is 18.2 Å². The van der Waals surface area contributed by atoms with Crippen LogP contribution in [0, 0.1) is 11.7 Å². The maximum Gasteiger partial charge on any atom is 0.319 e. The van der Waals surface area contributed by atoms with Crippen molar-refractivity contribution in [3.63, 3.8) is 0 Å². The van der Waals surface area contributed by atoms with Gasteiger partial charge in [0.05, 0.1) is 18.8 Å². The summed E-state index contributed by atoms with van der Waals surface area (Å²) < 4.78 is 21.1. The van der Waals surface area contributed by atoms with Crippen LogP contribution in [0.2, 0.25) is 0 Å². The summed E-state index contributed by atoms with van der Waals surface area (Å²) in [6, 6.07) is 3.71. The molecule has 1 aromatic carbocycles. The van der Waals surface area contributed by atoms with E-state index in [0.717, 1.165) is 43.9 Å². The summed E-state index contributed by atoms with van der Waals surface area (Å²) in [5.41, 5.74) is 0.450. The Kier molecular flexibility index (Phi) is 4.25. The molecule has 7 nitrogen and oxygen atoms in total. The fourth-order valence-electron chi connectivity index (χ4n) is 2.88. The van der Waals surface area contributed by atoms with Crippen molar-refractivity contribution in [2.24, 2.45) is 5.92 Å². The summed E-state index contributed by atoms with van der Waals surface area (Å²) in [5.74, 6) is 2.21. The van der Waals surface area contributed by atoms with Gasteiger partial charge in [-0.3, -0.25) is 0 Å². The lowest BCUT2D eigenvalue weighted by Crippen LogP contribution is -2.29. The number of ether oxygens (including phenoxy) is 1. The van der Waals surface area contributed by atoms with Crippen LogP contribution in [-0.4, -0.2) is 27.4 Å². The third kappa shape index (κ3) is 3.72. The first-order valence-corrected chi connectivity index (χ1v) is 8.57. The molecular formula is C17H20FN5O2. The molecule has 2 heterocycles. The number of aryl methyl sites for hydroxylation is 1. The van der Waals surface area contributed by atoms with Crippen molar-refractivity contribution in [3.05, 3.63) is 35.7 Å². The predicted molar refractivity (Wildman–Crippen MR) is 88.8 cm³/mol. The van der Waals surface area contributed by atoms with Crippen LogP contribution >= 0.6 is 0 Å². The number of nitrogens with zero attached hydrogens (tertiary/aromatic N) is 3. The molecule has 4 rings (SSSR count). The number of fused-ring (bicyclic) bond motifs is 1. The highest BCUT2D eigenvalue weighted by atomic mass is 19.1. The van der Waals surface area contributed by atoms with Gasteiger partial charge in [-0.15, -0.1) is 10.2 Å². The Morgan fingerprint density at radius 3 is 3.08 bits per heavy atom. The van der Waals surface area contributed by atoms with Gasteiger partial charge in [-0.25, -0.2) is 9.18 Å². The number of rotatable bonds is 6. The van der Waals surface area contributed by atoms with Gasteiger partial charge in [0.1, 0.15) is 17.4 Å². The number of carbonyl (C=O) groups is 1. The molecule has 0 spiro atoms. The summed E-state index contributed by atoms with van der Waals surface area (Å²) in [6.07, 6.45) is 4.26. The fraction of sp³-hybridized carbons (Fsp3) is 0.471. The molecular weight excluding hydrogens is 325 g/mol. The van der Waals surface area contributed by atoms with Gasteiger partial charge >= 0.3 is 6.03 Å². The molecule has 0 bridgehead atoms. The highest BCUT2D eigenvalue weighted by Gasteiger charge is 2.23. The Bertz CT molecular complexity index is 787. The molecule has 0 unspecified atom stereocenters. The highest BCUT2D eigenvalue weighted by Crippen LogP contribution is 2.32. The largest absolute Gasteiger partial charge is 0.491 e. The number of hydrogen-bond donors (Lipinski definition) is 2. The van der Waals surface area contributed by atoms with Gasteiger partial charge in [0.15, 0.2) is 5.82 Å². The summed E-state index contributed by atoms with van der Waals surface area (Å²) >= 11 is 0. The zero-order valence-corrected chi connectivity index (χ0v) is 13.8. The van der Waals surface area contributed by atoms with Crippen molar-refractivity contribution in [1.29, 1.82) is 0 Å². The molecule has 0 saturated heterocycles. The number of amides is 2. The van der Waals surface area contributed by atoms with E-state index in [-0.39, 0.29) is 6.54 Å². The zero-order valence-electron chi connectivity index (χ0n) is 13.8. The van der Waals surface area contributed by atoms with Gasteiger partial charge in [-0.1, -0.05) is 0 Å². The zero-order chi connectivity index (χ0) is 17.2. The predicted octanol–water partition coefficient (Wildman–Crippen LogP) is 2.47. The second-order valence-corrected chi connectivity index (χ2v) is 6.49. The van der Waals surface area contributed by atoms with Crippen molar-refractivity contribution in [2.75, 3.05) is 11.9 Å². The van der Waals surface area contributed by atoms with E-state index in [2.05, 4.69) is 20.8 Å². The molecule has 2 amide bonds. The van der Waals surface area contributed by atoms with Gasteiger partial charge in [0.25, 0.3) is 0 Å². The lowest BCUT2D eigenvalue weighted by molar-refractivity contribution is 0.251. The van der Waals surface area contributed by atoms with E-state index in [9.17, 15) is 9.18 Å². The lowest BCUT2D eigenvalue weighted by Gasteiger charge is -2.13. The summed E-state index contributed by atoms with van der Waals surface area (Å²) in [7, 11) is 0. The molecule has 1 saturated carbocycles. The molecule has 8 heteroatoms. The standard InChI is InChI=1S/C17H20FN5O2/c18-12-5-6-13(14(8-12)25-10-11-3-4-11)20-17(24)19-9-16-22-21-15-2-1-7-23(15)16/h5-6,8,11H,1-4,7,9-10H2,(H2,19,20,24). The van der Waals surface area contributed by atoms with Crippen LogP contribution in [0.15, 0.2) is 18.2 Å². The molecule has 0 radical (unpaired) electrons. The second-order valence-electron chi connectivity index (χ2n) is 6.49. The Hall–Kier alpha value is -2.64. The second kappa shape index (κ2) is 6.70. The summed E-state index contributed by atoms with van der Waals surface area (Å²) in [4.78, 5) is 12.2. The van der Waals surface area contributed by atoms with Crippen molar-refractivity contribution in [1.82, 2.24) is 20.1 Å². The third-order valence-electron chi connectivity index (χ3n) is 4.46. The molecule has 0 atom stereocenters. The summed E-state index contributed by atoms with van der Waals surface area (Å²) in [5, 5.41) is 13.7. The molecule has 1 aliphatic carbocycles. The first kappa shape index (κ1) is 15.9. The SMILES string of the molecule is O=C(NCc1nnc2n1CCC2)Nc1ccc(F)cc1OCC1CC1. The van der Waals surface area contributed by atoms with Gasteiger partial charge in [-0.2, -0.15) is 0 Å². The first-order chi connectivity index (χ1) is 12.2. The lowest BCUT2D eigenvalue weighted by atomic mass is 10.3. The van der Waals surface area contributed by atoms with Crippen LogP contribution in [0.1, 0.15) is 30.9 Å². The van der Waals surface area contributed by atoms with E-state index in [1.54, 1.807) is 0 Å². The molecule has 2 aliphatic rings. The number of nitrogens with one attached hydrogen (secondary N) is 2. The van der Waals surface area contributed by atoms with Gasteiger partial charge in [0, 0.05) is 19.0 Å². The molecule has 132 valence electrons. The van der Waals surface area contributed by atoms with Crippen LogP contribution < -0.4 is 15.4 Å². The minimum Gasteiger partial charge on any atom is -0.491 e. The first-order valence-electron chi connectivity index (χ1n) is 8.57. The van der Waals surface area contributed by atoms with Crippen LogP contribution in [0.4, 0.5) is 14.9 Å². The summed E-state index contributed by atoms with van der Waals surface area (Å²) in [6.45, 7) is 1.72. The number of benzene rings is 1. The number of halogens is 1. The van der Waals surface area contributed by atoms with E-state index in [1.807, 2.05) is 4.57 Å². The van der Waals surface area contributed by atoms with E-state index >= 15 is 0 Å². The van der Waals surface area contributed by atoms with Gasteiger partial charge < -0.3 is 19.9 Å².